The summed E-state index contributed by atoms with van der Waals surface area (Å²) in [5, 5.41) is 1.37. The maximum atomic E-state index is 4.61. The molecule has 5 rings (SSSR count). The molecule has 25 heavy (non-hydrogen) atoms. The Labute approximate surface area is 153 Å². The van der Waals surface area contributed by atoms with E-state index in [0.29, 0.717) is 0 Å². The molecule has 0 atom stereocenters. The highest BCUT2D eigenvalue weighted by molar-refractivity contribution is 7.11. The van der Waals surface area contributed by atoms with Crippen LogP contribution in [0.15, 0.2) is 30.6 Å². The van der Waals surface area contributed by atoms with Crippen molar-refractivity contribution in [1.82, 2.24) is 19.8 Å². The van der Waals surface area contributed by atoms with Crippen molar-refractivity contribution in [3.63, 3.8) is 0 Å². The fourth-order valence-electron chi connectivity index (χ4n) is 3.89. The molecule has 2 aromatic rings. The minimum Gasteiger partial charge on any atom is -0.354 e. The first-order valence-electron chi connectivity index (χ1n) is 9.42. The second-order valence-corrected chi connectivity index (χ2v) is 8.64. The van der Waals surface area contributed by atoms with E-state index in [1.165, 1.54) is 35.8 Å². The van der Waals surface area contributed by atoms with Crippen LogP contribution in [-0.2, 0) is 6.54 Å². The molecule has 3 fully saturated rings. The first-order chi connectivity index (χ1) is 12.3. The van der Waals surface area contributed by atoms with Gasteiger partial charge in [0.2, 0.25) is 0 Å². The standard InChI is InChI=1S/C19H25N5S/c1-2-6-20-18(3-1)24-9-7-23(8-10-24)16-12-22(13-16)14-17-11-21-19(25-17)15-4-5-15/h1-3,6,11,15-16H,4-5,7-10,12-14H2. The second-order valence-electron chi connectivity index (χ2n) is 7.50. The molecule has 0 unspecified atom stereocenters. The molecule has 2 saturated heterocycles. The van der Waals surface area contributed by atoms with Crippen molar-refractivity contribution in [3.05, 3.63) is 40.5 Å². The molecule has 3 aliphatic rings. The summed E-state index contributed by atoms with van der Waals surface area (Å²) >= 11 is 1.94. The normalized spacial score (nSPS) is 23.0. The van der Waals surface area contributed by atoms with Crippen LogP contribution in [0.5, 0.6) is 0 Å². The van der Waals surface area contributed by atoms with Crippen molar-refractivity contribution in [2.45, 2.75) is 31.3 Å². The van der Waals surface area contributed by atoms with Crippen LogP contribution < -0.4 is 4.90 Å². The zero-order valence-corrected chi connectivity index (χ0v) is 15.4. The fourth-order valence-corrected chi connectivity index (χ4v) is 5.02. The minimum absolute atomic E-state index is 0.738. The quantitative estimate of drug-likeness (QED) is 0.823. The molecule has 132 valence electrons. The molecule has 2 aliphatic heterocycles. The molecule has 4 heterocycles. The van der Waals surface area contributed by atoms with Gasteiger partial charge in [-0.3, -0.25) is 9.80 Å². The average Bonchev–Trinajstić information content (AvgIpc) is 3.38. The molecule has 1 saturated carbocycles. The summed E-state index contributed by atoms with van der Waals surface area (Å²) in [6.45, 7) is 8.00. The third kappa shape index (κ3) is 3.43. The number of likely N-dealkylation sites (tertiary alicyclic amines) is 1. The van der Waals surface area contributed by atoms with Gasteiger partial charge in [0.05, 0.1) is 5.01 Å². The first kappa shape index (κ1) is 15.7. The lowest BCUT2D eigenvalue weighted by Gasteiger charge is -2.48. The Morgan fingerprint density at radius 2 is 1.88 bits per heavy atom. The van der Waals surface area contributed by atoms with Gasteiger partial charge in [-0.05, 0) is 25.0 Å². The van der Waals surface area contributed by atoms with Gasteiger partial charge in [-0.25, -0.2) is 9.97 Å². The molecule has 1 aliphatic carbocycles. The smallest absolute Gasteiger partial charge is 0.128 e. The summed E-state index contributed by atoms with van der Waals surface area (Å²) in [5.74, 6) is 1.91. The Morgan fingerprint density at radius 3 is 2.60 bits per heavy atom. The van der Waals surface area contributed by atoms with Gasteiger partial charge < -0.3 is 4.90 Å². The van der Waals surface area contributed by atoms with E-state index in [-0.39, 0.29) is 0 Å². The zero-order chi connectivity index (χ0) is 16.6. The van der Waals surface area contributed by atoms with E-state index in [9.17, 15) is 0 Å². The topological polar surface area (TPSA) is 35.5 Å². The highest BCUT2D eigenvalue weighted by Gasteiger charge is 2.34. The van der Waals surface area contributed by atoms with E-state index in [1.807, 2.05) is 23.6 Å². The SMILES string of the molecule is c1ccc(N2CCN(C3CN(Cc4cnc(C5CC5)s4)C3)CC2)nc1. The molecular formula is C19H25N5S. The van der Waals surface area contributed by atoms with Gasteiger partial charge in [0, 0.05) is 75.0 Å². The Morgan fingerprint density at radius 1 is 1.04 bits per heavy atom. The van der Waals surface area contributed by atoms with Crippen molar-refractivity contribution < 1.29 is 0 Å². The third-order valence-electron chi connectivity index (χ3n) is 5.62. The van der Waals surface area contributed by atoms with Crippen molar-refractivity contribution in [3.8, 4) is 0 Å². The summed E-state index contributed by atoms with van der Waals surface area (Å²) < 4.78 is 0. The van der Waals surface area contributed by atoms with E-state index in [1.54, 1.807) is 0 Å². The van der Waals surface area contributed by atoms with E-state index >= 15 is 0 Å². The van der Waals surface area contributed by atoms with Crippen LogP contribution in [0.2, 0.25) is 0 Å². The summed E-state index contributed by atoms with van der Waals surface area (Å²) in [7, 11) is 0. The lowest BCUT2D eigenvalue weighted by molar-refractivity contribution is 0.0261. The van der Waals surface area contributed by atoms with E-state index < -0.39 is 0 Å². The predicted octanol–water partition coefficient (Wildman–Crippen LogP) is 2.42. The lowest BCUT2D eigenvalue weighted by atomic mass is 10.1. The number of anilines is 1. The zero-order valence-electron chi connectivity index (χ0n) is 14.5. The van der Waals surface area contributed by atoms with Gasteiger partial charge in [-0.1, -0.05) is 6.07 Å². The van der Waals surface area contributed by atoms with Crippen LogP contribution >= 0.6 is 11.3 Å². The maximum absolute atomic E-state index is 4.61. The van der Waals surface area contributed by atoms with Crippen LogP contribution in [0.25, 0.3) is 0 Å². The van der Waals surface area contributed by atoms with Crippen molar-refractivity contribution in [1.29, 1.82) is 0 Å². The highest BCUT2D eigenvalue weighted by Crippen LogP contribution is 2.42. The molecule has 0 spiro atoms. The summed E-state index contributed by atoms with van der Waals surface area (Å²) in [6, 6.07) is 6.92. The first-order valence-corrected chi connectivity index (χ1v) is 10.2. The van der Waals surface area contributed by atoms with E-state index in [4.69, 9.17) is 0 Å². The summed E-state index contributed by atoms with van der Waals surface area (Å²) in [5.41, 5.74) is 0. The van der Waals surface area contributed by atoms with Crippen LogP contribution in [-0.4, -0.2) is 65.1 Å². The molecule has 0 N–H and O–H groups in total. The van der Waals surface area contributed by atoms with Gasteiger partial charge in [-0.15, -0.1) is 11.3 Å². The fraction of sp³-hybridized carbons (Fsp3) is 0.579. The number of nitrogens with zero attached hydrogens (tertiary/aromatic N) is 5. The largest absolute Gasteiger partial charge is 0.354 e. The minimum atomic E-state index is 0.738. The van der Waals surface area contributed by atoms with Gasteiger partial charge in [-0.2, -0.15) is 0 Å². The molecule has 0 amide bonds. The van der Waals surface area contributed by atoms with E-state index in [0.717, 1.165) is 50.5 Å². The predicted molar refractivity (Wildman–Crippen MR) is 101 cm³/mol. The molecule has 0 aromatic carbocycles. The molecule has 5 nitrogen and oxygen atoms in total. The number of hydrogen-bond donors (Lipinski definition) is 0. The summed E-state index contributed by atoms with van der Waals surface area (Å²) in [4.78, 5) is 18.2. The van der Waals surface area contributed by atoms with Crippen LogP contribution in [0.4, 0.5) is 5.82 Å². The highest BCUT2D eigenvalue weighted by atomic mass is 32.1. The third-order valence-corrected chi connectivity index (χ3v) is 6.76. The molecule has 0 bridgehead atoms. The van der Waals surface area contributed by atoms with Crippen molar-refractivity contribution in [2.75, 3.05) is 44.2 Å². The molecule has 0 radical (unpaired) electrons. The van der Waals surface area contributed by atoms with Gasteiger partial charge in [0.15, 0.2) is 0 Å². The Balaban J connectivity index is 1.08. The van der Waals surface area contributed by atoms with Gasteiger partial charge >= 0.3 is 0 Å². The Bertz CT molecular complexity index is 700. The number of piperazine rings is 1. The number of pyridine rings is 1. The molecule has 2 aromatic heterocycles. The van der Waals surface area contributed by atoms with Crippen molar-refractivity contribution in [2.24, 2.45) is 0 Å². The second kappa shape index (κ2) is 6.67. The Kier molecular flexibility index (Phi) is 4.19. The lowest BCUT2D eigenvalue weighted by Crippen LogP contribution is -2.62. The monoisotopic (exact) mass is 355 g/mol. The van der Waals surface area contributed by atoms with Gasteiger partial charge in [0.1, 0.15) is 5.82 Å². The van der Waals surface area contributed by atoms with Crippen LogP contribution in [0.3, 0.4) is 0 Å². The van der Waals surface area contributed by atoms with Crippen molar-refractivity contribution >= 4 is 17.2 Å². The number of thiazole rings is 1. The number of aromatic nitrogens is 2. The Hall–Kier alpha value is -1.50. The van der Waals surface area contributed by atoms with Gasteiger partial charge in [0.25, 0.3) is 0 Å². The summed E-state index contributed by atoms with van der Waals surface area (Å²) in [6.07, 6.45) is 6.70. The van der Waals surface area contributed by atoms with E-state index in [2.05, 4.69) is 43.0 Å². The molecule has 6 heteroatoms. The molecular weight excluding hydrogens is 330 g/mol. The van der Waals surface area contributed by atoms with Crippen LogP contribution in [0.1, 0.15) is 28.6 Å². The maximum Gasteiger partial charge on any atom is 0.128 e. The number of hydrogen-bond acceptors (Lipinski definition) is 6. The number of rotatable bonds is 5. The van der Waals surface area contributed by atoms with Crippen LogP contribution in [0, 0.1) is 0 Å². The average molecular weight is 356 g/mol.